The van der Waals surface area contributed by atoms with Crippen LogP contribution in [0.15, 0.2) is 126 Å². The molecule has 0 saturated heterocycles. The molecule has 5 aromatic rings. The summed E-state index contributed by atoms with van der Waals surface area (Å²) >= 11 is 6.04. The van der Waals surface area contributed by atoms with Crippen LogP contribution in [0.5, 0.6) is 0 Å². The van der Waals surface area contributed by atoms with Crippen LogP contribution >= 0.6 is 11.6 Å². The third-order valence-electron chi connectivity index (χ3n) is 6.03. The van der Waals surface area contributed by atoms with Crippen molar-refractivity contribution >= 4 is 27.5 Å². The van der Waals surface area contributed by atoms with E-state index >= 15 is 0 Å². The topological polar surface area (TPSA) is 93.1 Å². The largest absolute Gasteiger partial charge is 1.00 e. The average Bonchev–Trinajstić information content (AvgIpc) is 2.94. The first-order chi connectivity index (χ1) is 18.3. The summed E-state index contributed by atoms with van der Waals surface area (Å²) in [6.45, 7) is 0. The second-order valence-electron chi connectivity index (χ2n) is 8.58. The molecule has 4 aromatic carbocycles. The number of sulfonamides is 1. The normalized spacial score (nSPS) is 10.9. The number of nitrogens with zero attached hydrogens (tertiary/aromatic N) is 1. The standard InChI is InChI=1S/C30H22ClN3O3S.ClH/c31-26-17-16-24(20-29(26)38(32,36)37)30(35)33-34-27(22-12-6-2-7-13-22)18-25(21-10-4-1-5-11-21)19-28(34)23-14-8-3-9-15-23;/h1-20H,(H2-,32,33,35,36,37);1H. The summed E-state index contributed by atoms with van der Waals surface area (Å²) in [6.07, 6.45) is 0. The smallest absolute Gasteiger partial charge is 0.305 e. The molecule has 0 aliphatic rings. The number of aromatic nitrogens is 1. The van der Waals surface area contributed by atoms with Gasteiger partial charge in [-0.2, -0.15) is 0 Å². The van der Waals surface area contributed by atoms with Gasteiger partial charge in [0.25, 0.3) is 0 Å². The van der Waals surface area contributed by atoms with Gasteiger partial charge >= 0.3 is 5.91 Å². The summed E-state index contributed by atoms with van der Waals surface area (Å²) in [5.74, 6) is -0.529. The Morgan fingerprint density at radius 2 is 1.13 bits per heavy atom. The van der Waals surface area contributed by atoms with Gasteiger partial charge in [-0.05, 0) is 53.6 Å². The number of carbonyl (C=O) groups is 1. The van der Waals surface area contributed by atoms with Gasteiger partial charge in [-0.3, -0.25) is 4.79 Å². The number of benzene rings is 4. The maximum Gasteiger partial charge on any atom is 0.305 e. The number of nitrogens with two attached hydrogens (primary N) is 1. The molecular weight excluding hydrogens is 553 g/mol. The van der Waals surface area contributed by atoms with Gasteiger partial charge in [-0.1, -0.05) is 83.0 Å². The lowest BCUT2D eigenvalue weighted by Gasteiger charge is -2.13. The van der Waals surface area contributed by atoms with E-state index in [1.54, 1.807) is 4.68 Å². The summed E-state index contributed by atoms with van der Waals surface area (Å²) in [6, 6.07) is 37.4. The number of pyridine rings is 1. The minimum absolute atomic E-state index is 0. The Morgan fingerprint density at radius 1 is 0.667 bits per heavy atom. The Hall–Kier alpha value is -4.01. The minimum atomic E-state index is -4.12. The van der Waals surface area contributed by atoms with Crippen molar-refractivity contribution in [1.82, 2.24) is 0 Å². The molecule has 0 fully saturated rings. The van der Waals surface area contributed by atoms with Crippen molar-refractivity contribution in [2.24, 2.45) is 5.14 Å². The number of hydrogen-bond acceptors (Lipinski definition) is 3. The second-order valence-corrected chi connectivity index (χ2v) is 10.5. The average molecular weight is 577 g/mol. The van der Waals surface area contributed by atoms with E-state index in [0.29, 0.717) is 0 Å². The Bertz CT molecular complexity index is 1670. The van der Waals surface area contributed by atoms with Crippen molar-refractivity contribution in [1.29, 1.82) is 0 Å². The summed E-state index contributed by atoms with van der Waals surface area (Å²) in [5, 5.41) is 5.25. The molecule has 1 heterocycles. The second kappa shape index (κ2) is 11.8. The summed E-state index contributed by atoms with van der Waals surface area (Å²) in [7, 11) is -4.12. The lowest BCUT2D eigenvalue weighted by molar-refractivity contribution is -0.618. The van der Waals surface area contributed by atoms with Crippen LogP contribution in [0.4, 0.5) is 0 Å². The molecule has 3 N–H and O–H groups in total. The zero-order valence-corrected chi connectivity index (χ0v) is 22.8. The Kier molecular flexibility index (Phi) is 8.47. The van der Waals surface area contributed by atoms with Crippen molar-refractivity contribution in [2.75, 3.05) is 5.43 Å². The third-order valence-corrected chi connectivity index (χ3v) is 7.42. The number of rotatable bonds is 6. The third kappa shape index (κ3) is 6.19. The van der Waals surface area contributed by atoms with E-state index in [9.17, 15) is 13.2 Å². The van der Waals surface area contributed by atoms with Crippen LogP contribution in [0.25, 0.3) is 33.6 Å². The van der Waals surface area contributed by atoms with Gasteiger partial charge < -0.3 is 12.4 Å². The van der Waals surface area contributed by atoms with Gasteiger partial charge in [0.1, 0.15) is 4.90 Å². The van der Waals surface area contributed by atoms with Crippen LogP contribution in [-0.4, -0.2) is 14.3 Å². The maximum absolute atomic E-state index is 13.5. The number of hydrogen-bond donors (Lipinski definition) is 2. The lowest BCUT2D eigenvalue weighted by Crippen LogP contribution is -3.00. The SMILES string of the molecule is NS(=O)(=O)c1cc(C(=O)N[n+]2c(-c3ccccc3)cc(-c3ccccc3)cc2-c2ccccc2)ccc1Cl.[Cl-]. The van der Waals surface area contributed by atoms with Gasteiger partial charge in [0.05, 0.1) is 5.02 Å². The predicted molar refractivity (Wildman–Crippen MR) is 149 cm³/mol. The fraction of sp³-hybridized carbons (Fsp3) is 0. The van der Waals surface area contributed by atoms with Gasteiger partial charge in [-0.15, -0.1) is 5.43 Å². The molecule has 6 nitrogen and oxygen atoms in total. The zero-order chi connectivity index (χ0) is 26.7. The molecule has 0 bridgehead atoms. The highest BCUT2D eigenvalue weighted by Crippen LogP contribution is 2.29. The predicted octanol–water partition coefficient (Wildman–Crippen LogP) is 2.66. The number of nitrogens with one attached hydrogen (secondary N) is 1. The first-order valence-corrected chi connectivity index (χ1v) is 13.6. The molecule has 0 atom stereocenters. The van der Waals surface area contributed by atoms with Crippen molar-refractivity contribution in [3.8, 4) is 33.6 Å². The molecule has 0 spiro atoms. The van der Waals surface area contributed by atoms with Crippen LogP contribution in [-0.2, 0) is 10.0 Å². The lowest BCUT2D eigenvalue weighted by atomic mass is 9.99. The Balaban J connectivity index is 0.00000353. The van der Waals surface area contributed by atoms with Gasteiger partial charge in [0.2, 0.25) is 21.4 Å². The van der Waals surface area contributed by atoms with E-state index in [0.717, 1.165) is 33.6 Å². The van der Waals surface area contributed by atoms with Crippen LogP contribution in [0, 0.1) is 0 Å². The van der Waals surface area contributed by atoms with Crippen molar-refractivity contribution in [2.45, 2.75) is 4.90 Å². The van der Waals surface area contributed by atoms with E-state index in [-0.39, 0.29) is 27.9 Å². The first kappa shape index (κ1) is 28.0. The van der Waals surface area contributed by atoms with Crippen LogP contribution < -0.4 is 27.6 Å². The highest BCUT2D eigenvalue weighted by Gasteiger charge is 2.26. The molecule has 0 radical (unpaired) electrons. The molecule has 196 valence electrons. The molecule has 0 aliphatic heterocycles. The Labute approximate surface area is 238 Å². The quantitative estimate of drug-likeness (QED) is 0.305. The van der Waals surface area contributed by atoms with Crippen molar-refractivity contribution in [3.63, 3.8) is 0 Å². The van der Waals surface area contributed by atoms with Crippen molar-refractivity contribution in [3.05, 3.63) is 132 Å². The summed E-state index contributed by atoms with van der Waals surface area (Å²) in [5.41, 5.74) is 8.28. The maximum atomic E-state index is 13.5. The Morgan fingerprint density at radius 3 is 1.59 bits per heavy atom. The molecular formula is C30H23Cl2N3O3S. The van der Waals surface area contributed by atoms with Crippen LogP contribution in [0.2, 0.25) is 5.02 Å². The van der Waals surface area contributed by atoms with Crippen LogP contribution in [0.3, 0.4) is 0 Å². The highest BCUT2D eigenvalue weighted by molar-refractivity contribution is 7.89. The molecule has 9 heteroatoms. The highest BCUT2D eigenvalue weighted by atomic mass is 35.5. The zero-order valence-electron chi connectivity index (χ0n) is 20.5. The summed E-state index contributed by atoms with van der Waals surface area (Å²) < 4.78 is 25.7. The molecule has 5 rings (SSSR count). The van der Waals surface area contributed by atoms with E-state index in [1.165, 1.54) is 18.2 Å². The molecule has 0 unspecified atom stereocenters. The van der Waals surface area contributed by atoms with E-state index in [1.807, 2.05) is 103 Å². The number of halogens is 2. The molecule has 39 heavy (non-hydrogen) atoms. The van der Waals surface area contributed by atoms with E-state index < -0.39 is 15.9 Å². The van der Waals surface area contributed by atoms with Gasteiger partial charge in [-0.25, -0.2) is 13.6 Å². The number of carbonyl (C=O) groups excluding carboxylic acids is 1. The van der Waals surface area contributed by atoms with Crippen LogP contribution in [0.1, 0.15) is 10.4 Å². The fourth-order valence-corrected chi connectivity index (χ4v) is 5.26. The number of amides is 1. The van der Waals surface area contributed by atoms with Gasteiger partial charge in [0.15, 0.2) is 0 Å². The fourth-order valence-electron chi connectivity index (χ4n) is 4.18. The number of primary sulfonamides is 1. The minimum Gasteiger partial charge on any atom is -1.00 e. The first-order valence-electron chi connectivity index (χ1n) is 11.7. The van der Waals surface area contributed by atoms with Crippen molar-refractivity contribution < 1.29 is 30.3 Å². The molecule has 1 amide bonds. The van der Waals surface area contributed by atoms with E-state index in [4.69, 9.17) is 16.7 Å². The monoisotopic (exact) mass is 575 g/mol. The molecule has 0 aliphatic carbocycles. The molecule has 1 aromatic heterocycles. The molecule has 0 saturated carbocycles. The van der Waals surface area contributed by atoms with E-state index in [2.05, 4.69) is 5.43 Å². The summed E-state index contributed by atoms with van der Waals surface area (Å²) in [4.78, 5) is 13.2. The van der Waals surface area contributed by atoms with Gasteiger partial charge in [0, 0.05) is 28.8 Å².